The van der Waals surface area contributed by atoms with Gasteiger partial charge in [0.15, 0.2) is 0 Å². The number of carbonyl (C=O) groups excluding carboxylic acids is 2. The van der Waals surface area contributed by atoms with E-state index in [0.717, 1.165) is 11.8 Å². The van der Waals surface area contributed by atoms with E-state index in [-0.39, 0.29) is 23.2 Å². The number of fused-ring (bicyclic) bond motifs is 1. The quantitative estimate of drug-likeness (QED) is 0.298. The summed E-state index contributed by atoms with van der Waals surface area (Å²) in [5.74, 6) is -2.50. The topological polar surface area (TPSA) is 115 Å². The smallest absolute Gasteiger partial charge is 0.269 e. The summed E-state index contributed by atoms with van der Waals surface area (Å²) in [6.45, 7) is 1.76. The summed E-state index contributed by atoms with van der Waals surface area (Å²) in [7, 11) is 1.44. The fourth-order valence-corrected chi connectivity index (χ4v) is 4.81. The van der Waals surface area contributed by atoms with Crippen molar-refractivity contribution in [3.05, 3.63) is 111 Å². The van der Waals surface area contributed by atoms with E-state index in [4.69, 9.17) is 32.7 Å². The number of nitrogens with one attached hydrogen (secondary N) is 2. The maximum Gasteiger partial charge on any atom is 0.269 e. The Morgan fingerprint density at radius 2 is 1.93 bits per heavy atom. The second kappa shape index (κ2) is 11.9. The lowest BCUT2D eigenvalue weighted by Crippen LogP contribution is -2.42. The van der Waals surface area contributed by atoms with Crippen LogP contribution in [-0.2, 0) is 11.4 Å². The molecule has 9 nitrogen and oxygen atoms in total. The lowest BCUT2D eigenvalue weighted by Gasteiger charge is -2.17. The van der Waals surface area contributed by atoms with Gasteiger partial charge in [0.25, 0.3) is 11.8 Å². The van der Waals surface area contributed by atoms with E-state index in [2.05, 4.69) is 25.6 Å². The van der Waals surface area contributed by atoms with Crippen molar-refractivity contribution >= 4 is 46.4 Å². The zero-order valence-corrected chi connectivity index (χ0v) is 23.3. The lowest BCUT2D eigenvalue weighted by molar-refractivity contribution is -0.117. The van der Waals surface area contributed by atoms with Crippen LogP contribution in [0.1, 0.15) is 32.9 Å². The first kappa shape index (κ1) is 28.0. The van der Waals surface area contributed by atoms with Crippen molar-refractivity contribution in [1.29, 1.82) is 0 Å². The van der Waals surface area contributed by atoms with Gasteiger partial charge in [0.05, 0.1) is 34.8 Å². The zero-order chi connectivity index (χ0) is 29.1. The molecule has 0 radical (unpaired) electrons. The van der Waals surface area contributed by atoms with E-state index >= 15 is 0 Å². The number of benzodiazepines with no additional fused rings is 1. The van der Waals surface area contributed by atoms with Crippen molar-refractivity contribution in [2.45, 2.75) is 19.7 Å². The number of carbonyl (C=O) groups is 2. The number of para-hydroxylation sites is 1. The number of halogens is 3. The molecule has 1 atom stereocenters. The molecule has 2 amide bonds. The number of methoxy groups -OCH3 is 1. The molecule has 2 aromatic heterocycles. The highest BCUT2D eigenvalue weighted by atomic mass is 35.5. The highest BCUT2D eigenvalue weighted by Gasteiger charge is 2.31. The van der Waals surface area contributed by atoms with Crippen molar-refractivity contribution in [3.63, 3.8) is 0 Å². The predicted octanol–water partition coefficient (Wildman–Crippen LogP) is 5.36. The number of aryl methyl sites for hydroxylation is 1. The third kappa shape index (κ3) is 5.98. The van der Waals surface area contributed by atoms with Crippen molar-refractivity contribution < 1.29 is 23.5 Å². The minimum Gasteiger partial charge on any atom is -0.496 e. The van der Waals surface area contributed by atoms with Gasteiger partial charge in [-0.05, 0) is 43.3 Å². The zero-order valence-electron chi connectivity index (χ0n) is 21.7. The summed E-state index contributed by atoms with van der Waals surface area (Å²) in [5, 5.41) is 5.78. The third-order valence-electron chi connectivity index (χ3n) is 6.09. The Bertz CT molecular complexity index is 1700. The molecular weight excluding hydrogens is 572 g/mol. The van der Waals surface area contributed by atoms with Crippen LogP contribution in [0.3, 0.4) is 0 Å². The summed E-state index contributed by atoms with van der Waals surface area (Å²) >= 11 is 12.7. The van der Waals surface area contributed by atoms with Gasteiger partial charge in [-0.3, -0.25) is 14.6 Å². The third-order valence-corrected chi connectivity index (χ3v) is 6.60. The molecule has 2 N–H and O–H groups in total. The molecule has 41 heavy (non-hydrogen) atoms. The van der Waals surface area contributed by atoms with Crippen LogP contribution in [0.25, 0.3) is 0 Å². The van der Waals surface area contributed by atoms with Crippen LogP contribution in [0.15, 0.2) is 71.9 Å². The first-order chi connectivity index (χ1) is 19.7. The number of amides is 2. The van der Waals surface area contributed by atoms with Gasteiger partial charge in [-0.2, -0.15) is 0 Å². The van der Waals surface area contributed by atoms with E-state index < -0.39 is 29.4 Å². The van der Waals surface area contributed by atoms with E-state index in [1.165, 1.54) is 19.4 Å². The minimum absolute atomic E-state index is 0.0607. The van der Waals surface area contributed by atoms with Crippen LogP contribution in [0, 0.1) is 12.7 Å². The van der Waals surface area contributed by atoms with Gasteiger partial charge in [0.2, 0.25) is 12.0 Å². The molecule has 1 unspecified atom stereocenters. The van der Waals surface area contributed by atoms with E-state index in [9.17, 15) is 14.0 Å². The maximum absolute atomic E-state index is 15.0. The molecule has 1 aliphatic rings. The molecule has 208 valence electrons. The summed E-state index contributed by atoms with van der Waals surface area (Å²) in [6, 6.07) is 16.3. The van der Waals surface area contributed by atoms with Gasteiger partial charge in [-0.15, -0.1) is 0 Å². The number of anilines is 1. The Kier molecular flexibility index (Phi) is 8.14. The van der Waals surface area contributed by atoms with Gasteiger partial charge in [0.1, 0.15) is 23.7 Å². The maximum atomic E-state index is 15.0. The number of nitrogens with zero attached hydrogens (tertiary/aromatic N) is 3. The van der Waals surface area contributed by atoms with Crippen LogP contribution in [-0.4, -0.2) is 40.8 Å². The molecule has 0 saturated carbocycles. The second-order valence-electron chi connectivity index (χ2n) is 8.89. The molecule has 2 aromatic carbocycles. The highest BCUT2D eigenvalue weighted by Crippen LogP contribution is 2.35. The molecule has 0 saturated heterocycles. The molecule has 0 aliphatic carbocycles. The Hall–Kier alpha value is -4.54. The number of aromatic nitrogens is 2. The summed E-state index contributed by atoms with van der Waals surface area (Å²) in [4.78, 5) is 39.6. The van der Waals surface area contributed by atoms with Gasteiger partial charge < -0.3 is 20.1 Å². The molecule has 0 spiro atoms. The SMILES string of the molecule is COc1cc(Cl)cc(Cl)c1C1=NC(NC(=O)c2c(F)ccnc2OCc2cccc(C)n2)C(=O)Nc2ccccc21. The Morgan fingerprint density at radius 3 is 2.71 bits per heavy atom. The normalized spacial score (nSPS) is 14.3. The Labute approximate surface area is 244 Å². The standard InChI is InChI=1S/C29H22Cl2FN5O4/c1-15-6-5-7-17(34-15)14-41-29-24(20(32)10-11-33-29)27(38)37-26-28(39)35-21-9-4-3-8-18(21)25(36-26)23-19(31)12-16(30)13-22(23)40-2/h3-13,26H,14H2,1-2H3,(H,35,39)(H,37,38). The summed E-state index contributed by atoms with van der Waals surface area (Å²) < 4.78 is 26.2. The number of ether oxygens (including phenoxy) is 2. The van der Waals surface area contributed by atoms with E-state index in [1.54, 1.807) is 42.5 Å². The number of benzene rings is 2. The lowest BCUT2D eigenvalue weighted by atomic mass is 9.99. The van der Waals surface area contributed by atoms with E-state index in [0.29, 0.717) is 33.3 Å². The molecular formula is C29H22Cl2FN5O4. The number of pyridine rings is 2. The average molecular weight is 594 g/mol. The van der Waals surface area contributed by atoms with E-state index in [1.807, 2.05) is 13.0 Å². The van der Waals surface area contributed by atoms with Gasteiger partial charge in [0, 0.05) is 22.5 Å². The first-order valence-electron chi connectivity index (χ1n) is 12.3. The first-order valence-corrected chi connectivity index (χ1v) is 13.0. The highest BCUT2D eigenvalue weighted by molar-refractivity contribution is 6.39. The largest absolute Gasteiger partial charge is 0.496 e. The van der Waals surface area contributed by atoms with Crippen molar-refractivity contribution in [1.82, 2.24) is 15.3 Å². The van der Waals surface area contributed by atoms with Crippen LogP contribution in [0.4, 0.5) is 10.1 Å². The fraction of sp³-hybridized carbons (Fsp3) is 0.138. The monoisotopic (exact) mass is 593 g/mol. The molecule has 1 aliphatic heterocycles. The summed E-state index contributed by atoms with van der Waals surface area (Å²) in [6.07, 6.45) is -0.321. The van der Waals surface area contributed by atoms with Gasteiger partial charge in [-0.1, -0.05) is 47.5 Å². The van der Waals surface area contributed by atoms with Crippen molar-refractivity contribution in [2.75, 3.05) is 12.4 Å². The average Bonchev–Trinajstić information content (AvgIpc) is 3.07. The van der Waals surface area contributed by atoms with Crippen LogP contribution in [0.5, 0.6) is 11.6 Å². The van der Waals surface area contributed by atoms with Crippen LogP contribution in [0.2, 0.25) is 10.0 Å². The summed E-state index contributed by atoms with van der Waals surface area (Å²) in [5.41, 5.74) is 2.37. The minimum atomic E-state index is -1.49. The molecule has 12 heteroatoms. The Balaban J connectivity index is 1.52. The number of rotatable bonds is 7. The van der Waals surface area contributed by atoms with Crippen molar-refractivity contribution in [2.24, 2.45) is 4.99 Å². The second-order valence-corrected chi connectivity index (χ2v) is 9.73. The fourth-order valence-electron chi connectivity index (χ4n) is 4.25. The van der Waals surface area contributed by atoms with Crippen LogP contribution < -0.4 is 20.1 Å². The van der Waals surface area contributed by atoms with Gasteiger partial charge in [-0.25, -0.2) is 14.4 Å². The Morgan fingerprint density at radius 1 is 1.12 bits per heavy atom. The van der Waals surface area contributed by atoms with Gasteiger partial charge >= 0.3 is 0 Å². The molecule has 4 aromatic rings. The molecule has 5 rings (SSSR count). The van der Waals surface area contributed by atoms with Crippen LogP contribution >= 0.6 is 23.2 Å². The molecule has 0 fully saturated rings. The molecule has 0 bridgehead atoms. The number of hydrogen-bond acceptors (Lipinski definition) is 7. The number of hydrogen-bond donors (Lipinski definition) is 2. The number of aliphatic imine (C=N–C) groups is 1. The van der Waals surface area contributed by atoms with Crippen molar-refractivity contribution in [3.8, 4) is 11.6 Å². The predicted molar refractivity (Wildman–Crippen MR) is 152 cm³/mol. The molecule has 3 heterocycles.